The number of carbonyl (C=O) groups excluding carboxylic acids is 3. The van der Waals surface area contributed by atoms with Gasteiger partial charge >= 0.3 is 0 Å². The molecule has 0 bridgehead atoms. The zero-order chi connectivity index (χ0) is 24.8. The van der Waals surface area contributed by atoms with Crippen molar-refractivity contribution in [3.05, 3.63) is 89.8 Å². The van der Waals surface area contributed by atoms with E-state index >= 15 is 0 Å². The van der Waals surface area contributed by atoms with Gasteiger partial charge < -0.3 is 5.32 Å². The number of anilines is 1. The maximum absolute atomic E-state index is 13.8. The molecule has 2 aromatic carbocycles. The highest BCUT2D eigenvalue weighted by molar-refractivity contribution is 6.09. The molecule has 1 fully saturated rings. The van der Waals surface area contributed by atoms with E-state index in [4.69, 9.17) is 0 Å². The monoisotopic (exact) mass is 474 g/mol. The molecule has 3 aromatic rings. The molecule has 1 atom stereocenters. The number of hydrogen-bond donors (Lipinski definition) is 1. The van der Waals surface area contributed by atoms with Gasteiger partial charge in [0, 0.05) is 29.7 Å². The zero-order valence-corrected chi connectivity index (χ0v) is 19.5. The third-order valence-electron chi connectivity index (χ3n) is 6.18. The van der Waals surface area contributed by atoms with Gasteiger partial charge in [-0.1, -0.05) is 43.5 Å². The Morgan fingerprint density at radius 3 is 2.43 bits per heavy atom. The SMILES string of the molecule is CC(=O)c1cccc(N(C(=O)c2cnccn2)[C@@H](C(=O)NC2CCCCC2)c2ccc(F)cc2)c1. The van der Waals surface area contributed by atoms with Crippen molar-refractivity contribution >= 4 is 23.3 Å². The Balaban J connectivity index is 1.83. The molecule has 7 nitrogen and oxygen atoms in total. The van der Waals surface area contributed by atoms with Crippen LogP contribution in [0.3, 0.4) is 0 Å². The minimum Gasteiger partial charge on any atom is -0.351 e. The predicted octanol–water partition coefficient (Wildman–Crippen LogP) is 4.66. The fourth-order valence-corrected chi connectivity index (χ4v) is 4.38. The Morgan fingerprint density at radius 2 is 1.77 bits per heavy atom. The maximum Gasteiger partial charge on any atom is 0.279 e. The van der Waals surface area contributed by atoms with Gasteiger partial charge in [0.25, 0.3) is 5.91 Å². The van der Waals surface area contributed by atoms with Gasteiger partial charge in [-0.15, -0.1) is 0 Å². The quantitative estimate of drug-likeness (QED) is 0.503. The second-order valence-electron chi connectivity index (χ2n) is 8.67. The summed E-state index contributed by atoms with van der Waals surface area (Å²) in [6, 6.07) is 10.9. The molecule has 0 radical (unpaired) electrons. The maximum atomic E-state index is 13.8. The van der Waals surface area contributed by atoms with Gasteiger partial charge in [-0.25, -0.2) is 9.37 Å². The van der Waals surface area contributed by atoms with Crippen LogP contribution in [0, 0.1) is 5.82 Å². The number of benzene rings is 2. The van der Waals surface area contributed by atoms with Crippen LogP contribution >= 0.6 is 0 Å². The van der Waals surface area contributed by atoms with E-state index in [1.165, 1.54) is 54.7 Å². The Labute approximate surface area is 203 Å². The minimum absolute atomic E-state index is 0.00350. The van der Waals surface area contributed by atoms with Crippen molar-refractivity contribution in [1.82, 2.24) is 15.3 Å². The lowest BCUT2D eigenvalue weighted by Gasteiger charge is -2.33. The van der Waals surface area contributed by atoms with Gasteiger partial charge in [0.1, 0.15) is 17.6 Å². The van der Waals surface area contributed by atoms with Gasteiger partial charge in [-0.05, 0) is 49.6 Å². The number of Topliss-reactive ketones (excluding diaryl/α,β-unsaturated/α-hetero) is 1. The number of hydrogen-bond acceptors (Lipinski definition) is 5. The third kappa shape index (κ3) is 5.77. The van der Waals surface area contributed by atoms with Gasteiger partial charge in [0.05, 0.1) is 6.20 Å². The van der Waals surface area contributed by atoms with E-state index in [1.807, 2.05) is 0 Å². The fourth-order valence-electron chi connectivity index (χ4n) is 4.38. The first-order chi connectivity index (χ1) is 16.9. The Morgan fingerprint density at radius 1 is 1.03 bits per heavy atom. The average Bonchev–Trinajstić information content (AvgIpc) is 2.88. The molecule has 1 heterocycles. The molecule has 180 valence electrons. The summed E-state index contributed by atoms with van der Waals surface area (Å²) in [5, 5.41) is 3.10. The standard InChI is InChI=1S/C27H27FN4O3/c1-18(33)20-6-5-9-23(16-20)32(27(35)24-17-29-14-15-30-24)25(19-10-12-21(28)13-11-19)26(34)31-22-7-3-2-4-8-22/h5-6,9-17,22,25H,2-4,7-8H2,1H3,(H,31,34)/t25-/m1/s1. The van der Waals surface area contributed by atoms with Crippen LogP contribution in [-0.2, 0) is 4.79 Å². The number of carbonyl (C=O) groups is 3. The molecule has 0 aliphatic heterocycles. The summed E-state index contributed by atoms with van der Waals surface area (Å²) in [5.74, 6) is -1.57. The first-order valence-corrected chi connectivity index (χ1v) is 11.7. The molecule has 2 amide bonds. The molecule has 8 heteroatoms. The first kappa shape index (κ1) is 24.2. The third-order valence-corrected chi connectivity index (χ3v) is 6.18. The molecular weight excluding hydrogens is 447 g/mol. The molecule has 1 aromatic heterocycles. The summed E-state index contributed by atoms with van der Waals surface area (Å²) < 4.78 is 13.8. The Hall–Kier alpha value is -3.94. The van der Waals surface area contributed by atoms with Crippen molar-refractivity contribution < 1.29 is 18.8 Å². The number of halogens is 1. The predicted molar refractivity (Wildman–Crippen MR) is 129 cm³/mol. The van der Waals surface area contributed by atoms with Crippen molar-refractivity contribution in [1.29, 1.82) is 0 Å². The molecule has 4 rings (SSSR count). The molecule has 35 heavy (non-hydrogen) atoms. The van der Waals surface area contributed by atoms with E-state index in [0.29, 0.717) is 16.8 Å². The van der Waals surface area contributed by atoms with Gasteiger partial charge in [0.15, 0.2) is 5.78 Å². The topological polar surface area (TPSA) is 92.3 Å². The molecule has 1 aliphatic carbocycles. The first-order valence-electron chi connectivity index (χ1n) is 11.7. The summed E-state index contributed by atoms with van der Waals surface area (Å²) in [6.07, 6.45) is 9.06. The molecule has 1 aliphatic rings. The highest BCUT2D eigenvalue weighted by atomic mass is 19.1. The lowest BCUT2D eigenvalue weighted by molar-refractivity contribution is -0.123. The van der Waals surface area contributed by atoms with Crippen molar-refractivity contribution in [2.24, 2.45) is 0 Å². The summed E-state index contributed by atoms with van der Waals surface area (Å²) in [4.78, 5) is 49.1. The molecule has 1 N–H and O–H groups in total. The summed E-state index contributed by atoms with van der Waals surface area (Å²) in [7, 11) is 0. The summed E-state index contributed by atoms with van der Waals surface area (Å²) in [5.41, 5.74) is 1.22. The lowest BCUT2D eigenvalue weighted by Crippen LogP contribution is -2.47. The van der Waals surface area contributed by atoms with Gasteiger partial charge in [-0.3, -0.25) is 24.3 Å². The van der Waals surface area contributed by atoms with Crippen molar-refractivity contribution in [3.8, 4) is 0 Å². The van der Waals surface area contributed by atoms with Crippen molar-refractivity contribution in [3.63, 3.8) is 0 Å². The van der Waals surface area contributed by atoms with Crippen LogP contribution in [0.15, 0.2) is 67.1 Å². The molecular formula is C27H27FN4O3. The van der Waals surface area contributed by atoms with Crippen LogP contribution in [0.5, 0.6) is 0 Å². The average molecular weight is 475 g/mol. The smallest absolute Gasteiger partial charge is 0.279 e. The van der Waals surface area contributed by atoms with Crippen LogP contribution < -0.4 is 10.2 Å². The number of nitrogens with zero attached hydrogens (tertiary/aromatic N) is 3. The van der Waals surface area contributed by atoms with Crippen LogP contribution in [-0.4, -0.2) is 33.6 Å². The highest BCUT2D eigenvalue weighted by Crippen LogP contribution is 2.31. The molecule has 0 spiro atoms. The number of rotatable bonds is 7. The second kappa shape index (κ2) is 11.0. The second-order valence-corrected chi connectivity index (χ2v) is 8.67. The van der Waals surface area contributed by atoms with Gasteiger partial charge in [0.2, 0.25) is 5.91 Å². The van der Waals surface area contributed by atoms with Crippen LogP contribution in [0.4, 0.5) is 10.1 Å². The lowest BCUT2D eigenvalue weighted by atomic mass is 9.94. The van der Waals surface area contributed by atoms with E-state index < -0.39 is 17.8 Å². The molecule has 0 saturated heterocycles. The summed E-state index contributed by atoms with van der Waals surface area (Å²) in [6.45, 7) is 1.43. The van der Waals surface area contributed by atoms with Crippen molar-refractivity contribution in [2.45, 2.75) is 51.1 Å². The zero-order valence-electron chi connectivity index (χ0n) is 19.5. The highest BCUT2D eigenvalue weighted by Gasteiger charge is 2.35. The van der Waals surface area contributed by atoms with E-state index in [1.54, 1.807) is 24.3 Å². The summed E-state index contributed by atoms with van der Waals surface area (Å²) >= 11 is 0. The van der Waals surface area contributed by atoms with Crippen LogP contribution in [0.1, 0.15) is 71.5 Å². The van der Waals surface area contributed by atoms with Gasteiger partial charge in [-0.2, -0.15) is 0 Å². The Kier molecular flexibility index (Phi) is 7.60. The largest absolute Gasteiger partial charge is 0.351 e. The fraction of sp³-hybridized carbons (Fsp3) is 0.296. The van der Waals surface area contributed by atoms with E-state index in [0.717, 1.165) is 32.1 Å². The Bertz CT molecular complexity index is 1190. The van der Waals surface area contributed by atoms with Crippen LogP contribution in [0.25, 0.3) is 0 Å². The number of ketones is 1. The van der Waals surface area contributed by atoms with E-state index in [-0.39, 0.29) is 23.4 Å². The number of aromatic nitrogens is 2. The minimum atomic E-state index is -1.12. The van der Waals surface area contributed by atoms with E-state index in [9.17, 15) is 18.8 Å². The number of nitrogens with one attached hydrogen (secondary N) is 1. The van der Waals surface area contributed by atoms with Crippen molar-refractivity contribution in [2.75, 3.05) is 4.90 Å². The normalized spacial score (nSPS) is 14.7. The van der Waals surface area contributed by atoms with Crippen LogP contribution in [0.2, 0.25) is 0 Å². The molecule has 1 saturated carbocycles. The molecule has 0 unspecified atom stereocenters. The van der Waals surface area contributed by atoms with E-state index in [2.05, 4.69) is 15.3 Å². The number of amides is 2.